The van der Waals surface area contributed by atoms with Crippen LogP contribution in [-0.2, 0) is 13.0 Å². The summed E-state index contributed by atoms with van der Waals surface area (Å²) in [6.45, 7) is 3.68. The molecule has 1 aromatic carbocycles. The van der Waals surface area contributed by atoms with Crippen LogP contribution in [0.15, 0.2) is 30.6 Å². The number of rotatable bonds is 3. The van der Waals surface area contributed by atoms with E-state index in [0.29, 0.717) is 0 Å². The van der Waals surface area contributed by atoms with Crippen molar-refractivity contribution in [3.05, 3.63) is 53.1 Å². The summed E-state index contributed by atoms with van der Waals surface area (Å²) >= 11 is 0. The number of hydrogen-bond acceptors (Lipinski definition) is 3. The standard InChI is InChI=1S/C15H18N4O/c1-10(14-17-7-8-18-14)19-15(20)13-4-2-3-11-9-16-6-5-12(11)13/h2-4,7-8,10,16H,5-6,9H2,1H3,(H,17,18)(H,19,20). The molecule has 2 heterocycles. The SMILES string of the molecule is CC(NC(=O)c1cccc2c1CCNC2)c1ncc[nH]1. The quantitative estimate of drug-likeness (QED) is 0.792. The fourth-order valence-corrected chi connectivity index (χ4v) is 2.60. The van der Waals surface area contributed by atoms with Crippen molar-refractivity contribution >= 4 is 5.91 Å². The van der Waals surface area contributed by atoms with Crippen LogP contribution in [0.5, 0.6) is 0 Å². The topological polar surface area (TPSA) is 69.8 Å². The minimum atomic E-state index is -0.130. The molecular formula is C15H18N4O. The number of nitrogens with zero attached hydrogens (tertiary/aromatic N) is 1. The molecule has 5 heteroatoms. The highest BCUT2D eigenvalue weighted by molar-refractivity contribution is 5.96. The van der Waals surface area contributed by atoms with E-state index in [1.54, 1.807) is 12.4 Å². The monoisotopic (exact) mass is 270 g/mol. The van der Waals surface area contributed by atoms with Gasteiger partial charge in [-0.05, 0) is 37.1 Å². The van der Waals surface area contributed by atoms with Crippen LogP contribution in [0.2, 0.25) is 0 Å². The molecule has 3 N–H and O–H groups in total. The first-order chi connectivity index (χ1) is 9.75. The lowest BCUT2D eigenvalue weighted by atomic mass is 9.95. The zero-order chi connectivity index (χ0) is 13.9. The zero-order valence-electron chi connectivity index (χ0n) is 11.4. The molecule has 1 aliphatic rings. The molecule has 1 aromatic heterocycles. The highest BCUT2D eigenvalue weighted by Gasteiger charge is 2.19. The second-order valence-corrected chi connectivity index (χ2v) is 5.04. The van der Waals surface area contributed by atoms with E-state index < -0.39 is 0 Å². The predicted molar refractivity (Wildman–Crippen MR) is 76.3 cm³/mol. The Hall–Kier alpha value is -2.14. The number of fused-ring (bicyclic) bond motifs is 1. The lowest BCUT2D eigenvalue weighted by Crippen LogP contribution is -2.31. The number of aromatic nitrogens is 2. The molecule has 0 spiro atoms. The molecule has 0 radical (unpaired) electrons. The van der Waals surface area contributed by atoms with Gasteiger partial charge in [-0.25, -0.2) is 4.98 Å². The summed E-state index contributed by atoms with van der Waals surface area (Å²) in [6, 6.07) is 5.79. The molecule has 1 unspecified atom stereocenters. The van der Waals surface area contributed by atoms with Crippen LogP contribution in [0, 0.1) is 0 Å². The normalized spacial score (nSPS) is 15.4. The van der Waals surface area contributed by atoms with Gasteiger partial charge in [-0.15, -0.1) is 0 Å². The smallest absolute Gasteiger partial charge is 0.252 e. The fourth-order valence-electron chi connectivity index (χ4n) is 2.60. The third kappa shape index (κ3) is 2.44. The Kier molecular flexibility index (Phi) is 3.52. The van der Waals surface area contributed by atoms with Gasteiger partial charge in [0.2, 0.25) is 0 Å². The molecule has 1 amide bonds. The van der Waals surface area contributed by atoms with Crippen molar-refractivity contribution in [3.8, 4) is 0 Å². The van der Waals surface area contributed by atoms with Gasteiger partial charge < -0.3 is 15.6 Å². The summed E-state index contributed by atoms with van der Waals surface area (Å²) in [6.07, 6.45) is 4.34. The lowest BCUT2D eigenvalue weighted by Gasteiger charge is -2.20. The number of benzene rings is 1. The minimum absolute atomic E-state index is 0.0346. The van der Waals surface area contributed by atoms with Crippen LogP contribution in [-0.4, -0.2) is 22.4 Å². The van der Waals surface area contributed by atoms with Gasteiger partial charge in [0.05, 0.1) is 6.04 Å². The van der Waals surface area contributed by atoms with E-state index in [9.17, 15) is 4.79 Å². The predicted octanol–water partition coefficient (Wildman–Crippen LogP) is 1.55. The molecular weight excluding hydrogens is 252 g/mol. The first-order valence-electron chi connectivity index (χ1n) is 6.87. The Morgan fingerprint density at radius 3 is 3.15 bits per heavy atom. The largest absolute Gasteiger partial charge is 0.347 e. The Bertz CT molecular complexity index is 606. The van der Waals surface area contributed by atoms with E-state index in [4.69, 9.17) is 0 Å². The molecule has 0 saturated heterocycles. The number of amides is 1. The first kappa shape index (κ1) is 12.9. The molecule has 2 aromatic rings. The highest BCUT2D eigenvalue weighted by atomic mass is 16.1. The second kappa shape index (κ2) is 5.46. The average Bonchev–Trinajstić information content (AvgIpc) is 3.01. The highest BCUT2D eigenvalue weighted by Crippen LogP contribution is 2.19. The van der Waals surface area contributed by atoms with Crippen molar-refractivity contribution in [3.63, 3.8) is 0 Å². The van der Waals surface area contributed by atoms with E-state index in [1.807, 2.05) is 19.1 Å². The van der Waals surface area contributed by atoms with Gasteiger partial charge in [0.1, 0.15) is 5.82 Å². The number of carbonyl (C=O) groups excluding carboxylic acids is 1. The fraction of sp³-hybridized carbons (Fsp3) is 0.333. The van der Waals surface area contributed by atoms with Gasteiger partial charge in [0.15, 0.2) is 0 Å². The minimum Gasteiger partial charge on any atom is -0.347 e. The molecule has 3 rings (SSSR count). The lowest BCUT2D eigenvalue weighted by molar-refractivity contribution is 0.0937. The number of imidazole rings is 1. The van der Waals surface area contributed by atoms with E-state index in [1.165, 1.54) is 5.56 Å². The van der Waals surface area contributed by atoms with Crippen LogP contribution in [0.3, 0.4) is 0 Å². The summed E-state index contributed by atoms with van der Waals surface area (Å²) in [7, 11) is 0. The summed E-state index contributed by atoms with van der Waals surface area (Å²) in [5.41, 5.74) is 3.16. The molecule has 0 bridgehead atoms. The molecule has 20 heavy (non-hydrogen) atoms. The number of aromatic amines is 1. The molecule has 1 aliphatic heterocycles. The van der Waals surface area contributed by atoms with Gasteiger partial charge in [0, 0.05) is 24.5 Å². The maximum absolute atomic E-state index is 12.4. The van der Waals surface area contributed by atoms with Gasteiger partial charge in [-0.3, -0.25) is 4.79 Å². The van der Waals surface area contributed by atoms with Crippen LogP contribution in [0.4, 0.5) is 0 Å². The number of carbonyl (C=O) groups is 1. The summed E-state index contributed by atoms with van der Waals surface area (Å²) < 4.78 is 0. The molecule has 0 fully saturated rings. The summed E-state index contributed by atoms with van der Waals surface area (Å²) in [5, 5.41) is 6.32. The van der Waals surface area contributed by atoms with Crippen molar-refractivity contribution in [2.45, 2.75) is 25.9 Å². The number of hydrogen-bond donors (Lipinski definition) is 3. The third-order valence-electron chi connectivity index (χ3n) is 3.66. The van der Waals surface area contributed by atoms with Gasteiger partial charge in [-0.2, -0.15) is 0 Å². The zero-order valence-corrected chi connectivity index (χ0v) is 11.4. The maximum Gasteiger partial charge on any atom is 0.252 e. The van der Waals surface area contributed by atoms with E-state index in [0.717, 1.165) is 36.5 Å². The van der Waals surface area contributed by atoms with Gasteiger partial charge in [0.25, 0.3) is 5.91 Å². The van der Waals surface area contributed by atoms with E-state index in [2.05, 4.69) is 26.7 Å². The van der Waals surface area contributed by atoms with Crippen LogP contribution in [0.1, 0.15) is 40.3 Å². The average molecular weight is 270 g/mol. The van der Waals surface area contributed by atoms with Crippen molar-refractivity contribution in [1.29, 1.82) is 0 Å². The Balaban J connectivity index is 1.81. The van der Waals surface area contributed by atoms with E-state index >= 15 is 0 Å². The maximum atomic E-state index is 12.4. The number of H-pyrrole nitrogens is 1. The Morgan fingerprint density at radius 1 is 1.45 bits per heavy atom. The number of nitrogens with one attached hydrogen (secondary N) is 3. The summed E-state index contributed by atoms with van der Waals surface area (Å²) in [4.78, 5) is 19.6. The van der Waals surface area contributed by atoms with Crippen molar-refractivity contribution in [2.75, 3.05) is 6.54 Å². The first-order valence-corrected chi connectivity index (χ1v) is 6.87. The van der Waals surface area contributed by atoms with Gasteiger partial charge >= 0.3 is 0 Å². The Labute approximate surface area is 117 Å². The summed E-state index contributed by atoms with van der Waals surface area (Å²) in [5.74, 6) is 0.734. The molecule has 0 saturated carbocycles. The molecule has 0 aliphatic carbocycles. The third-order valence-corrected chi connectivity index (χ3v) is 3.66. The van der Waals surface area contributed by atoms with Crippen LogP contribution in [0.25, 0.3) is 0 Å². The van der Waals surface area contributed by atoms with Crippen LogP contribution >= 0.6 is 0 Å². The molecule has 1 atom stereocenters. The van der Waals surface area contributed by atoms with Crippen molar-refractivity contribution in [2.24, 2.45) is 0 Å². The Morgan fingerprint density at radius 2 is 2.35 bits per heavy atom. The van der Waals surface area contributed by atoms with Crippen molar-refractivity contribution in [1.82, 2.24) is 20.6 Å². The molecule has 5 nitrogen and oxygen atoms in total. The second-order valence-electron chi connectivity index (χ2n) is 5.04. The van der Waals surface area contributed by atoms with Crippen LogP contribution < -0.4 is 10.6 Å². The van der Waals surface area contributed by atoms with Crippen molar-refractivity contribution < 1.29 is 4.79 Å². The molecule has 104 valence electrons. The van der Waals surface area contributed by atoms with Gasteiger partial charge in [-0.1, -0.05) is 12.1 Å². The van der Waals surface area contributed by atoms with E-state index in [-0.39, 0.29) is 11.9 Å².